The number of methoxy groups -OCH3 is 1. The molecule has 0 heterocycles. The van der Waals surface area contributed by atoms with Crippen molar-refractivity contribution in [2.24, 2.45) is 0 Å². The van der Waals surface area contributed by atoms with Crippen LogP contribution in [0.4, 0.5) is 17.1 Å². The van der Waals surface area contributed by atoms with E-state index in [0.29, 0.717) is 28.2 Å². The molecule has 0 aliphatic heterocycles. The van der Waals surface area contributed by atoms with Gasteiger partial charge in [0.05, 0.1) is 35.7 Å². The lowest BCUT2D eigenvalue weighted by atomic mass is 10.1. The van der Waals surface area contributed by atoms with Gasteiger partial charge in [0.15, 0.2) is 0 Å². The van der Waals surface area contributed by atoms with Crippen LogP contribution in [-0.2, 0) is 4.74 Å². The van der Waals surface area contributed by atoms with Gasteiger partial charge in [0.25, 0.3) is 0 Å². The number of rotatable bonds is 3. The number of carbonyl (C=O) groups excluding carboxylic acids is 1. The normalized spacial score (nSPS) is 9.60. The molecule has 0 radical (unpaired) electrons. The summed E-state index contributed by atoms with van der Waals surface area (Å²) in [6, 6.07) is 13.9. The molecule has 5 nitrogen and oxygen atoms in total. The summed E-state index contributed by atoms with van der Waals surface area (Å²) in [5.74, 6) is -0.401. The summed E-state index contributed by atoms with van der Waals surface area (Å²) in [5.41, 5.74) is 8.66. The van der Waals surface area contributed by atoms with Crippen molar-refractivity contribution in [1.82, 2.24) is 0 Å². The van der Waals surface area contributed by atoms with Crippen LogP contribution in [0.2, 0.25) is 0 Å². The maximum atomic E-state index is 11.5. The van der Waals surface area contributed by atoms with Gasteiger partial charge in [-0.2, -0.15) is 5.26 Å². The lowest BCUT2D eigenvalue weighted by molar-refractivity contribution is 0.0601. The number of carbonyl (C=O) groups is 1. The van der Waals surface area contributed by atoms with Crippen molar-refractivity contribution < 1.29 is 9.53 Å². The van der Waals surface area contributed by atoms with Gasteiger partial charge in [-0.05, 0) is 36.4 Å². The monoisotopic (exact) mass is 267 g/mol. The van der Waals surface area contributed by atoms with Crippen LogP contribution >= 0.6 is 0 Å². The van der Waals surface area contributed by atoms with Crippen LogP contribution in [0.3, 0.4) is 0 Å². The van der Waals surface area contributed by atoms with Crippen molar-refractivity contribution in [3.05, 3.63) is 53.6 Å². The highest BCUT2D eigenvalue weighted by atomic mass is 16.5. The van der Waals surface area contributed by atoms with E-state index in [0.717, 1.165) is 0 Å². The SMILES string of the molecule is COC(=O)c1cccc(Nc2ccc(C#N)cc2N)c1. The summed E-state index contributed by atoms with van der Waals surface area (Å²) in [7, 11) is 1.33. The van der Waals surface area contributed by atoms with E-state index in [1.54, 1.807) is 36.4 Å². The molecule has 0 aliphatic carbocycles. The zero-order chi connectivity index (χ0) is 14.5. The summed E-state index contributed by atoms with van der Waals surface area (Å²) in [5, 5.41) is 11.9. The molecule has 100 valence electrons. The fourth-order valence-electron chi connectivity index (χ4n) is 1.74. The number of nitrogens with zero attached hydrogens (tertiary/aromatic N) is 1. The summed E-state index contributed by atoms with van der Waals surface area (Å²) in [4.78, 5) is 11.5. The largest absolute Gasteiger partial charge is 0.465 e. The molecule has 0 fully saturated rings. The Labute approximate surface area is 116 Å². The Morgan fingerprint density at radius 2 is 2.10 bits per heavy atom. The van der Waals surface area contributed by atoms with E-state index in [4.69, 9.17) is 11.0 Å². The van der Waals surface area contributed by atoms with Gasteiger partial charge in [-0.3, -0.25) is 0 Å². The maximum absolute atomic E-state index is 11.5. The first-order chi connectivity index (χ1) is 9.63. The minimum Gasteiger partial charge on any atom is -0.465 e. The standard InChI is InChI=1S/C15H13N3O2/c1-20-15(19)11-3-2-4-12(8-11)18-14-6-5-10(9-16)7-13(14)17/h2-8,18H,17H2,1H3. The van der Waals surface area contributed by atoms with Gasteiger partial charge in [0.2, 0.25) is 0 Å². The first-order valence-electron chi connectivity index (χ1n) is 5.89. The van der Waals surface area contributed by atoms with Crippen molar-refractivity contribution in [3.63, 3.8) is 0 Å². The number of nitriles is 1. The topological polar surface area (TPSA) is 88.1 Å². The van der Waals surface area contributed by atoms with E-state index in [1.165, 1.54) is 7.11 Å². The highest BCUT2D eigenvalue weighted by molar-refractivity contribution is 5.90. The molecular formula is C15H13N3O2. The van der Waals surface area contributed by atoms with Crippen LogP contribution in [0.15, 0.2) is 42.5 Å². The fourth-order valence-corrected chi connectivity index (χ4v) is 1.74. The molecule has 0 saturated carbocycles. The summed E-state index contributed by atoms with van der Waals surface area (Å²) in [6.07, 6.45) is 0. The van der Waals surface area contributed by atoms with Crippen LogP contribution in [0.1, 0.15) is 15.9 Å². The minimum atomic E-state index is -0.401. The third-order valence-corrected chi connectivity index (χ3v) is 2.74. The van der Waals surface area contributed by atoms with Crippen molar-refractivity contribution in [3.8, 4) is 6.07 Å². The van der Waals surface area contributed by atoms with E-state index >= 15 is 0 Å². The Kier molecular flexibility index (Phi) is 3.87. The van der Waals surface area contributed by atoms with Crippen LogP contribution in [0.25, 0.3) is 0 Å². The Morgan fingerprint density at radius 3 is 2.75 bits per heavy atom. The fraction of sp³-hybridized carbons (Fsp3) is 0.0667. The molecule has 3 N–H and O–H groups in total. The molecule has 0 aromatic heterocycles. The molecule has 0 atom stereocenters. The van der Waals surface area contributed by atoms with Crippen LogP contribution < -0.4 is 11.1 Å². The lowest BCUT2D eigenvalue weighted by Crippen LogP contribution is -2.02. The van der Waals surface area contributed by atoms with E-state index in [2.05, 4.69) is 10.1 Å². The molecular weight excluding hydrogens is 254 g/mol. The number of hydrogen-bond donors (Lipinski definition) is 2. The van der Waals surface area contributed by atoms with Crippen molar-refractivity contribution in [1.29, 1.82) is 5.26 Å². The molecule has 0 aliphatic rings. The van der Waals surface area contributed by atoms with Gasteiger partial charge in [0, 0.05) is 5.69 Å². The van der Waals surface area contributed by atoms with E-state index < -0.39 is 5.97 Å². The van der Waals surface area contributed by atoms with Gasteiger partial charge in [-0.1, -0.05) is 6.07 Å². The number of hydrogen-bond acceptors (Lipinski definition) is 5. The highest BCUT2D eigenvalue weighted by Gasteiger charge is 2.07. The number of benzene rings is 2. The second kappa shape index (κ2) is 5.76. The number of nitrogens with two attached hydrogens (primary N) is 1. The molecule has 5 heteroatoms. The Balaban J connectivity index is 2.26. The zero-order valence-electron chi connectivity index (χ0n) is 10.9. The van der Waals surface area contributed by atoms with E-state index in [1.807, 2.05) is 12.1 Å². The second-order valence-electron chi connectivity index (χ2n) is 4.11. The van der Waals surface area contributed by atoms with Crippen LogP contribution in [-0.4, -0.2) is 13.1 Å². The second-order valence-corrected chi connectivity index (χ2v) is 4.11. The molecule has 0 bridgehead atoms. The molecule has 2 aromatic carbocycles. The average Bonchev–Trinajstić information content (AvgIpc) is 2.48. The van der Waals surface area contributed by atoms with Crippen LogP contribution in [0, 0.1) is 11.3 Å². The van der Waals surface area contributed by atoms with E-state index in [-0.39, 0.29) is 0 Å². The third-order valence-electron chi connectivity index (χ3n) is 2.74. The molecule has 0 spiro atoms. The zero-order valence-corrected chi connectivity index (χ0v) is 10.9. The Morgan fingerprint density at radius 1 is 1.30 bits per heavy atom. The van der Waals surface area contributed by atoms with Crippen LogP contribution in [0.5, 0.6) is 0 Å². The summed E-state index contributed by atoms with van der Waals surface area (Å²) < 4.78 is 4.67. The number of nitrogen functional groups attached to an aromatic ring is 1. The molecule has 0 amide bonds. The quantitative estimate of drug-likeness (QED) is 0.659. The summed E-state index contributed by atoms with van der Waals surface area (Å²) in [6.45, 7) is 0. The molecule has 2 rings (SSSR count). The van der Waals surface area contributed by atoms with Gasteiger partial charge in [-0.15, -0.1) is 0 Å². The average molecular weight is 267 g/mol. The highest BCUT2D eigenvalue weighted by Crippen LogP contribution is 2.24. The van der Waals surface area contributed by atoms with E-state index in [9.17, 15) is 4.79 Å². The minimum absolute atomic E-state index is 0.401. The molecule has 20 heavy (non-hydrogen) atoms. The predicted octanol–water partition coefficient (Wildman–Crippen LogP) is 2.67. The summed E-state index contributed by atoms with van der Waals surface area (Å²) >= 11 is 0. The number of anilines is 3. The number of ether oxygens (including phenoxy) is 1. The number of esters is 1. The Bertz CT molecular complexity index is 690. The smallest absolute Gasteiger partial charge is 0.337 e. The van der Waals surface area contributed by atoms with Gasteiger partial charge >= 0.3 is 5.97 Å². The third kappa shape index (κ3) is 2.87. The maximum Gasteiger partial charge on any atom is 0.337 e. The predicted molar refractivity (Wildman–Crippen MR) is 76.6 cm³/mol. The first kappa shape index (κ1) is 13.4. The van der Waals surface area contributed by atoms with Gasteiger partial charge < -0.3 is 15.8 Å². The van der Waals surface area contributed by atoms with Gasteiger partial charge in [-0.25, -0.2) is 4.79 Å². The molecule has 0 saturated heterocycles. The van der Waals surface area contributed by atoms with Crippen molar-refractivity contribution in [2.45, 2.75) is 0 Å². The van der Waals surface area contributed by atoms with Gasteiger partial charge in [0.1, 0.15) is 0 Å². The number of nitrogens with one attached hydrogen (secondary N) is 1. The first-order valence-corrected chi connectivity index (χ1v) is 5.89. The molecule has 0 unspecified atom stereocenters. The lowest BCUT2D eigenvalue weighted by Gasteiger charge is -2.10. The Hall–Kier alpha value is -3.00. The van der Waals surface area contributed by atoms with Crippen molar-refractivity contribution in [2.75, 3.05) is 18.2 Å². The molecule has 2 aromatic rings. The van der Waals surface area contributed by atoms with Crippen molar-refractivity contribution >= 4 is 23.0 Å².